The van der Waals surface area contributed by atoms with E-state index in [1.807, 2.05) is 20.8 Å². The number of hydrogen-bond acceptors (Lipinski definition) is 21. The first-order valence-electron chi connectivity index (χ1n) is 33.1. The molecule has 21 nitrogen and oxygen atoms in total. The van der Waals surface area contributed by atoms with Gasteiger partial charge in [-0.25, -0.2) is 29.3 Å². The molecule has 0 aliphatic carbocycles. The molecule has 0 saturated carbocycles. The molecule has 512 valence electrons. The molecule has 3 atom stereocenters. The zero-order valence-corrected chi connectivity index (χ0v) is 56.3. The van der Waals surface area contributed by atoms with E-state index in [-0.39, 0.29) is 59.5 Å². The summed E-state index contributed by atoms with van der Waals surface area (Å²) in [5, 5.41) is 0. The predicted molar refractivity (Wildman–Crippen MR) is 329 cm³/mol. The van der Waals surface area contributed by atoms with Crippen LogP contribution in [0, 0.1) is 21.7 Å². The molecular weight excluding hydrogens is 1100 g/mol. The van der Waals surface area contributed by atoms with Crippen molar-refractivity contribution in [1.29, 1.82) is 0 Å². The van der Waals surface area contributed by atoms with Gasteiger partial charge in [0.2, 0.25) is 0 Å². The summed E-state index contributed by atoms with van der Waals surface area (Å²) in [7, 11) is 0. The van der Waals surface area contributed by atoms with Crippen LogP contribution in [0.3, 0.4) is 0 Å². The summed E-state index contributed by atoms with van der Waals surface area (Å²) in [6.45, 7) is 39.3. The molecule has 0 radical (unpaired) electrons. The van der Waals surface area contributed by atoms with Gasteiger partial charge in [0, 0.05) is 54.7 Å². The Morgan fingerprint density at radius 3 is 0.659 bits per heavy atom. The van der Waals surface area contributed by atoms with E-state index in [1.165, 1.54) is 0 Å². The lowest BCUT2D eigenvalue weighted by Crippen LogP contribution is -2.43. The third-order valence-corrected chi connectivity index (χ3v) is 14.1. The Labute approximate surface area is 517 Å². The van der Waals surface area contributed by atoms with Crippen molar-refractivity contribution in [3.63, 3.8) is 0 Å². The fourth-order valence-corrected chi connectivity index (χ4v) is 7.94. The second-order valence-corrected chi connectivity index (χ2v) is 22.4. The summed E-state index contributed by atoms with van der Waals surface area (Å²) in [5.41, 5.74) is -2.11. The van der Waals surface area contributed by atoms with Crippen LogP contribution >= 0.6 is 0 Å². The molecule has 0 N–H and O–H groups in total. The first-order valence-corrected chi connectivity index (χ1v) is 33.1. The number of rotatable bonds is 72. The fraction of sp³-hybridized carbons (Fsp3) is 1.00. The van der Waals surface area contributed by atoms with Gasteiger partial charge in [-0.15, -0.1) is 0 Å². The summed E-state index contributed by atoms with van der Waals surface area (Å²) in [6, 6.07) is 0. The Balaban J connectivity index is 7.18. The molecule has 3 unspecified atom stereocenters. The Morgan fingerprint density at radius 2 is 0.400 bits per heavy atom. The molecule has 0 spiro atoms. The van der Waals surface area contributed by atoms with Gasteiger partial charge in [0.25, 0.3) is 0 Å². The molecule has 0 amide bonds. The Bertz CT molecular complexity index is 1300. The molecule has 0 aromatic heterocycles. The average molecular weight is 1240 g/mol. The van der Waals surface area contributed by atoms with Crippen molar-refractivity contribution in [1.82, 2.24) is 0 Å². The van der Waals surface area contributed by atoms with E-state index in [0.717, 1.165) is 64.2 Å². The average Bonchev–Trinajstić information content (AvgIpc) is 3.70. The van der Waals surface area contributed by atoms with Crippen LogP contribution in [0.15, 0.2) is 0 Å². The van der Waals surface area contributed by atoms with E-state index in [1.54, 1.807) is 0 Å². The zero-order valence-electron chi connectivity index (χ0n) is 56.3. The topological polar surface area (TPSA) is 194 Å². The standard InChI is InChI=1S/C64H130O21/c1-13-25-65-33-38-70-47-61(21-9,48-71-39-34-66-26-14-2)52-76-45-59(78-54-62(22-10,49-72-40-35-67-27-15-3)50-73-41-36-68-28-16-4)43-75-44-60(46-77-53-64(24-12,57-84-81-31-19-7)58-85-82-32-20-8)79-55-63(23-11,56-83-80-30-18-6)51-74-42-37-69-29-17-5/h59-60H,13-58H2,1-12H3. The highest BCUT2D eigenvalue weighted by Gasteiger charge is 2.36. The van der Waals surface area contributed by atoms with Gasteiger partial charge in [-0.2, -0.15) is 0 Å². The van der Waals surface area contributed by atoms with Crippen LogP contribution in [0.2, 0.25) is 0 Å². The minimum atomic E-state index is -0.589. The van der Waals surface area contributed by atoms with Gasteiger partial charge in [-0.05, 0) is 77.0 Å². The van der Waals surface area contributed by atoms with E-state index in [9.17, 15) is 0 Å². The molecule has 0 fully saturated rings. The molecule has 0 heterocycles. The van der Waals surface area contributed by atoms with Gasteiger partial charge in [0.05, 0.1) is 192 Å². The third kappa shape index (κ3) is 46.0. The second kappa shape index (κ2) is 60.7. The third-order valence-electron chi connectivity index (χ3n) is 14.1. The number of hydrogen-bond donors (Lipinski definition) is 0. The Kier molecular flexibility index (Phi) is 60.1. The maximum atomic E-state index is 6.97. The van der Waals surface area contributed by atoms with Crippen LogP contribution in [-0.4, -0.2) is 237 Å². The molecule has 0 bridgehead atoms. The van der Waals surface area contributed by atoms with Gasteiger partial charge >= 0.3 is 0 Å². The summed E-state index contributed by atoms with van der Waals surface area (Å²) in [5.74, 6) is 0. The Hall–Kier alpha value is -0.840. The van der Waals surface area contributed by atoms with Crippen molar-refractivity contribution in [3.8, 4) is 0 Å². The normalized spacial score (nSPS) is 14.0. The van der Waals surface area contributed by atoms with Crippen LogP contribution in [-0.2, 0) is 100 Å². The lowest BCUT2D eigenvalue weighted by molar-refractivity contribution is -0.345. The van der Waals surface area contributed by atoms with Gasteiger partial charge in [0.1, 0.15) is 12.2 Å². The van der Waals surface area contributed by atoms with Crippen LogP contribution in [0.25, 0.3) is 0 Å². The first kappa shape index (κ1) is 84.2. The highest BCUT2D eigenvalue weighted by molar-refractivity contribution is 4.82. The van der Waals surface area contributed by atoms with E-state index < -0.39 is 33.9 Å². The minimum absolute atomic E-state index is 0.158. The van der Waals surface area contributed by atoms with Gasteiger partial charge in [-0.3, -0.25) is 0 Å². The van der Waals surface area contributed by atoms with Crippen LogP contribution in [0.4, 0.5) is 0 Å². The fourth-order valence-electron chi connectivity index (χ4n) is 7.94. The molecule has 0 aromatic rings. The zero-order chi connectivity index (χ0) is 62.5. The number of ether oxygens (including phenoxy) is 15. The van der Waals surface area contributed by atoms with Crippen molar-refractivity contribution >= 4 is 0 Å². The molecular formula is C64H130O21. The van der Waals surface area contributed by atoms with Crippen LogP contribution in [0.5, 0.6) is 0 Å². The largest absolute Gasteiger partial charge is 0.379 e. The SMILES string of the molecule is CCCOCCOCC(CC)(COCCOCCC)COCC(COCC(COCC(CC)(COOCCC)COOCCC)OCC(CC)(COCCOCCC)COOCCC)OCC(CC)(COCCOCCC)COCCOCCC. The summed E-state index contributed by atoms with van der Waals surface area (Å²) in [6.07, 6.45) is 8.90. The van der Waals surface area contributed by atoms with Crippen molar-refractivity contribution in [2.45, 2.75) is 172 Å². The Morgan fingerprint density at radius 1 is 0.188 bits per heavy atom. The molecule has 0 saturated heterocycles. The monoisotopic (exact) mass is 1230 g/mol. The highest BCUT2D eigenvalue weighted by atomic mass is 17.2. The van der Waals surface area contributed by atoms with E-state index in [4.69, 9.17) is 100 Å². The minimum Gasteiger partial charge on any atom is -0.379 e. The van der Waals surface area contributed by atoms with Crippen molar-refractivity contribution in [2.75, 3.05) is 225 Å². The van der Waals surface area contributed by atoms with Crippen molar-refractivity contribution < 1.29 is 100 Å². The smallest absolute Gasteiger partial charge is 0.104 e. The molecule has 0 aromatic carbocycles. The maximum Gasteiger partial charge on any atom is 0.104 e. The lowest BCUT2D eigenvalue weighted by Gasteiger charge is -2.35. The predicted octanol–water partition coefficient (Wildman–Crippen LogP) is 10.7. The van der Waals surface area contributed by atoms with E-state index in [0.29, 0.717) is 178 Å². The van der Waals surface area contributed by atoms with E-state index >= 15 is 0 Å². The van der Waals surface area contributed by atoms with Crippen LogP contribution < -0.4 is 0 Å². The summed E-state index contributed by atoms with van der Waals surface area (Å²) in [4.78, 5) is 33.9. The summed E-state index contributed by atoms with van der Waals surface area (Å²) >= 11 is 0. The quantitative estimate of drug-likeness (QED) is 0.0317. The van der Waals surface area contributed by atoms with Crippen LogP contribution in [0.1, 0.15) is 160 Å². The van der Waals surface area contributed by atoms with Crippen molar-refractivity contribution in [3.05, 3.63) is 0 Å². The summed E-state index contributed by atoms with van der Waals surface area (Å²) < 4.78 is 94.2. The maximum absolute atomic E-state index is 6.97. The molecule has 0 aliphatic rings. The molecule has 0 rings (SSSR count). The lowest BCUT2D eigenvalue weighted by atomic mass is 9.87. The molecule has 0 aliphatic heterocycles. The molecule has 85 heavy (non-hydrogen) atoms. The second-order valence-electron chi connectivity index (χ2n) is 22.4. The van der Waals surface area contributed by atoms with Gasteiger partial charge < -0.3 is 71.1 Å². The van der Waals surface area contributed by atoms with E-state index in [2.05, 4.69) is 62.3 Å². The molecule has 21 heteroatoms. The first-order chi connectivity index (χ1) is 41.6. The highest BCUT2D eigenvalue weighted by Crippen LogP contribution is 2.29. The van der Waals surface area contributed by atoms with Gasteiger partial charge in [-0.1, -0.05) is 83.1 Å². The van der Waals surface area contributed by atoms with Gasteiger partial charge in [0.15, 0.2) is 0 Å². The van der Waals surface area contributed by atoms with Crippen molar-refractivity contribution in [2.24, 2.45) is 21.7 Å².